The third-order valence-corrected chi connectivity index (χ3v) is 5.70. The highest BCUT2D eigenvalue weighted by atomic mass is 16.5. The molecule has 1 aliphatic rings. The van der Waals surface area contributed by atoms with Crippen LogP contribution in [0.1, 0.15) is 35.7 Å². The molecule has 2 aromatic carbocycles. The van der Waals surface area contributed by atoms with Gasteiger partial charge in [-0.2, -0.15) is 0 Å². The van der Waals surface area contributed by atoms with E-state index in [-0.39, 0.29) is 11.8 Å². The van der Waals surface area contributed by atoms with Gasteiger partial charge in [0, 0.05) is 38.1 Å². The van der Waals surface area contributed by atoms with E-state index in [9.17, 15) is 9.59 Å². The van der Waals surface area contributed by atoms with Crippen molar-refractivity contribution in [3.63, 3.8) is 0 Å². The number of carbonyl (C=O) groups excluding carboxylic acids is 2. The number of anilines is 1. The van der Waals surface area contributed by atoms with E-state index in [1.54, 1.807) is 0 Å². The molecule has 0 radical (unpaired) electrons. The van der Waals surface area contributed by atoms with Crippen molar-refractivity contribution in [2.75, 3.05) is 31.6 Å². The van der Waals surface area contributed by atoms with Crippen molar-refractivity contribution in [3.8, 4) is 0 Å². The van der Waals surface area contributed by atoms with Crippen molar-refractivity contribution >= 4 is 28.4 Å². The monoisotopic (exact) mass is 419 g/mol. The lowest BCUT2D eigenvalue weighted by Crippen LogP contribution is -2.40. The van der Waals surface area contributed by atoms with E-state index < -0.39 is 0 Å². The summed E-state index contributed by atoms with van der Waals surface area (Å²) in [5.74, 6) is -0.0957. The highest BCUT2D eigenvalue weighted by molar-refractivity contribution is 6.11. The summed E-state index contributed by atoms with van der Waals surface area (Å²) in [6.07, 6.45) is 5.02. The van der Waals surface area contributed by atoms with Gasteiger partial charge in [0.2, 0.25) is 5.91 Å². The molecule has 1 aliphatic heterocycles. The Labute approximate surface area is 182 Å². The minimum absolute atomic E-state index is 0.0244. The number of hydrogen-bond acceptors (Lipinski definition) is 3. The van der Waals surface area contributed by atoms with Crippen molar-refractivity contribution in [2.45, 2.75) is 32.7 Å². The van der Waals surface area contributed by atoms with E-state index in [0.717, 1.165) is 42.4 Å². The number of benzene rings is 2. The highest BCUT2D eigenvalue weighted by Crippen LogP contribution is 2.30. The van der Waals surface area contributed by atoms with Gasteiger partial charge in [-0.3, -0.25) is 9.59 Å². The van der Waals surface area contributed by atoms with Gasteiger partial charge in [0.15, 0.2) is 0 Å². The number of aryl methyl sites for hydroxylation is 2. The number of amides is 2. The Kier molecular flexibility index (Phi) is 6.67. The fraction of sp³-hybridized carbons (Fsp3) is 0.360. The molecule has 6 nitrogen and oxygen atoms in total. The lowest BCUT2D eigenvalue weighted by atomic mass is 10.1. The lowest BCUT2D eigenvalue weighted by Gasteiger charge is -2.26. The third kappa shape index (κ3) is 4.97. The number of unbranched alkanes of at least 4 members (excludes halogenated alkanes) is 1. The average molecular weight is 420 g/mol. The van der Waals surface area contributed by atoms with Crippen molar-refractivity contribution in [1.29, 1.82) is 0 Å². The zero-order valence-electron chi connectivity index (χ0n) is 18.0. The maximum absolute atomic E-state index is 13.2. The number of nitrogens with zero attached hydrogens (tertiary/aromatic N) is 2. The molecule has 2 heterocycles. The Morgan fingerprint density at radius 2 is 1.77 bits per heavy atom. The predicted molar refractivity (Wildman–Crippen MR) is 122 cm³/mol. The van der Waals surface area contributed by atoms with Crippen LogP contribution < -0.4 is 5.32 Å². The number of fused-ring (bicyclic) bond motifs is 1. The van der Waals surface area contributed by atoms with Crippen LogP contribution >= 0.6 is 0 Å². The van der Waals surface area contributed by atoms with Crippen LogP contribution in [0.3, 0.4) is 0 Å². The number of aromatic nitrogens is 1. The first-order valence-electron chi connectivity index (χ1n) is 10.9. The van der Waals surface area contributed by atoms with Crippen LogP contribution in [-0.2, 0) is 22.5 Å². The van der Waals surface area contributed by atoms with Crippen LogP contribution in [0.4, 0.5) is 5.69 Å². The van der Waals surface area contributed by atoms with E-state index in [4.69, 9.17) is 4.74 Å². The molecule has 1 aromatic heterocycles. The molecule has 0 saturated carbocycles. The number of ether oxygens (including phenoxy) is 1. The topological polar surface area (TPSA) is 63.6 Å². The molecule has 0 unspecified atom stereocenters. The number of rotatable bonds is 7. The molecule has 4 rings (SSSR count). The fourth-order valence-corrected chi connectivity index (χ4v) is 4.19. The zero-order valence-corrected chi connectivity index (χ0v) is 18.0. The van der Waals surface area contributed by atoms with Crippen molar-refractivity contribution in [3.05, 3.63) is 65.9 Å². The van der Waals surface area contributed by atoms with E-state index in [0.29, 0.717) is 31.9 Å². The molecule has 0 atom stereocenters. The Hall–Kier alpha value is -3.12. The predicted octanol–water partition coefficient (Wildman–Crippen LogP) is 4.10. The summed E-state index contributed by atoms with van der Waals surface area (Å²) in [5.41, 5.74) is 3.68. The van der Waals surface area contributed by atoms with E-state index in [2.05, 4.69) is 34.1 Å². The molecule has 6 heteroatoms. The molecule has 1 N–H and O–H groups in total. The van der Waals surface area contributed by atoms with Gasteiger partial charge in [0.05, 0.1) is 30.0 Å². The molecule has 3 aromatic rings. The van der Waals surface area contributed by atoms with E-state index in [1.807, 2.05) is 35.4 Å². The van der Waals surface area contributed by atoms with Crippen molar-refractivity contribution in [1.82, 2.24) is 9.47 Å². The number of morpholine rings is 1. The first kappa shape index (κ1) is 21.1. The summed E-state index contributed by atoms with van der Waals surface area (Å²) >= 11 is 0. The number of hydrogen-bond donors (Lipinski definition) is 1. The van der Waals surface area contributed by atoms with Crippen LogP contribution in [0.25, 0.3) is 10.9 Å². The molecule has 31 heavy (non-hydrogen) atoms. The summed E-state index contributed by atoms with van der Waals surface area (Å²) in [5, 5.41) is 3.81. The minimum Gasteiger partial charge on any atom is -0.378 e. The van der Waals surface area contributed by atoms with Gasteiger partial charge in [-0.25, -0.2) is 0 Å². The van der Waals surface area contributed by atoms with Crippen molar-refractivity contribution < 1.29 is 14.3 Å². The summed E-state index contributed by atoms with van der Waals surface area (Å²) in [6.45, 7) is 4.64. The fourth-order valence-electron chi connectivity index (χ4n) is 4.19. The van der Waals surface area contributed by atoms with Gasteiger partial charge in [0.25, 0.3) is 5.91 Å². The molecular formula is C25H29N3O3. The van der Waals surface area contributed by atoms with E-state index in [1.165, 1.54) is 12.5 Å². The Morgan fingerprint density at radius 3 is 2.52 bits per heavy atom. The second kappa shape index (κ2) is 9.79. The van der Waals surface area contributed by atoms with Gasteiger partial charge >= 0.3 is 0 Å². The SMILES string of the molecule is CC(=O)Nc1cccc2c(C(=O)N3CCOCC3)cn(CCCCc3ccccc3)c12. The van der Waals surface area contributed by atoms with Gasteiger partial charge in [-0.15, -0.1) is 0 Å². The minimum atomic E-state index is -0.120. The van der Waals surface area contributed by atoms with E-state index >= 15 is 0 Å². The smallest absolute Gasteiger partial charge is 0.256 e. The molecule has 1 saturated heterocycles. The van der Waals surface area contributed by atoms with Gasteiger partial charge < -0.3 is 19.5 Å². The second-order valence-electron chi connectivity index (χ2n) is 7.97. The summed E-state index contributed by atoms with van der Waals surface area (Å²) in [6, 6.07) is 16.2. The Bertz CT molecular complexity index is 1050. The molecule has 0 bridgehead atoms. The van der Waals surface area contributed by atoms with Crippen LogP contribution in [0.5, 0.6) is 0 Å². The van der Waals surface area contributed by atoms with Crippen LogP contribution in [-0.4, -0.2) is 47.6 Å². The lowest BCUT2D eigenvalue weighted by molar-refractivity contribution is -0.114. The Morgan fingerprint density at radius 1 is 1.00 bits per heavy atom. The van der Waals surface area contributed by atoms with Gasteiger partial charge in [-0.05, 0) is 30.9 Å². The molecule has 0 aliphatic carbocycles. The van der Waals surface area contributed by atoms with Gasteiger partial charge in [-0.1, -0.05) is 42.5 Å². The number of carbonyl (C=O) groups is 2. The molecule has 2 amide bonds. The summed E-state index contributed by atoms with van der Waals surface area (Å²) in [7, 11) is 0. The standard InChI is InChI=1S/C25H29N3O3/c1-19(29)26-23-12-7-11-21-22(25(30)27-14-16-31-17-15-27)18-28(24(21)23)13-6-5-10-20-8-3-2-4-9-20/h2-4,7-9,11-12,18H,5-6,10,13-17H2,1H3,(H,26,29). The summed E-state index contributed by atoms with van der Waals surface area (Å²) in [4.78, 5) is 26.9. The van der Waals surface area contributed by atoms with Gasteiger partial charge in [0.1, 0.15) is 0 Å². The van der Waals surface area contributed by atoms with Crippen LogP contribution in [0.15, 0.2) is 54.7 Å². The molecule has 0 spiro atoms. The number of nitrogens with one attached hydrogen (secondary N) is 1. The second-order valence-corrected chi connectivity index (χ2v) is 7.97. The molecule has 1 fully saturated rings. The number of para-hydroxylation sites is 1. The summed E-state index contributed by atoms with van der Waals surface area (Å²) < 4.78 is 7.52. The first-order chi connectivity index (χ1) is 15.1. The highest BCUT2D eigenvalue weighted by Gasteiger charge is 2.23. The third-order valence-electron chi connectivity index (χ3n) is 5.70. The zero-order chi connectivity index (χ0) is 21.6. The maximum atomic E-state index is 13.2. The first-order valence-corrected chi connectivity index (χ1v) is 10.9. The largest absolute Gasteiger partial charge is 0.378 e. The quantitative estimate of drug-likeness (QED) is 0.587. The van der Waals surface area contributed by atoms with Crippen LogP contribution in [0.2, 0.25) is 0 Å². The molecular weight excluding hydrogens is 390 g/mol. The molecule has 162 valence electrons. The Balaban J connectivity index is 1.59. The average Bonchev–Trinajstić information content (AvgIpc) is 3.17. The normalized spacial score (nSPS) is 14.0. The maximum Gasteiger partial charge on any atom is 0.256 e. The van der Waals surface area contributed by atoms with Crippen molar-refractivity contribution in [2.24, 2.45) is 0 Å². The van der Waals surface area contributed by atoms with Crippen LogP contribution in [0, 0.1) is 0 Å².